The van der Waals surface area contributed by atoms with Gasteiger partial charge < -0.3 is 4.74 Å². The van der Waals surface area contributed by atoms with Gasteiger partial charge in [0.05, 0.1) is 0 Å². The van der Waals surface area contributed by atoms with Crippen LogP contribution in [0.15, 0.2) is 12.7 Å². The van der Waals surface area contributed by atoms with Crippen molar-refractivity contribution >= 4 is 5.97 Å². The average Bonchev–Trinajstić information content (AvgIpc) is 2.99. The van der Waals surface area contributed by atoms with E-state index in [-0.39, 0.29) is 11.6 Å². The van der Waals surface area contributed by atoms with Crippen LogP contribution >= 0.6 is 0 Å². The molecule has 0 radical (unpaired) electrons. The van der Waals surface area contributed by atoms with Crippen LogP contribution in [0.3, 0.4) is 0 Å². The van der Waals surface area contributed by atoms with E-state index in [1.54, 1.807) is 0 Å². The van der Waals surface area contributed by atoms with Gasteiger partial charge in [0.1, 0.15) is 5.60 Å². The number of carbonyl (C=O) groups is 1. The molecule has 19 heavy (non-hydrogen) atoms. The maximum Gasteiger partial charge on any atom is 0.330 e. The molecule has 0 aromatic carbocycles. The zero-order valence-electron chi connectivity index (χ0n) is 12.3. The summed E-state index contributed by atoms with van der Waals surface area (Å²) in [5.41, 5.74) is -0.153. The van der Waals surface area contributed by atoms with Crippen LogP contribution in [0.1, 0.15) is 71.1 Å². The third-order valence-electron chi connectivity index (χ3n) is 5.20. The molecule has 0 N–H and O–H groups in total. The van der Waals surface area contributed by atoms with E-state index in [4.69, 9.17) is 4.74 Å². The Kier molecular flexibility index (Phi) is 5.06. The molecule has 2 aliphatic carbocycles. The lowest BCUT2D eigenvalue weighted by Gasteiger charge is -2.35. The van der Waals surface area contributed by atoms with Crippen LogP contribution in [-0.4, -0.2) is 11.6 Å². The lowest BCUT2D eigenvalue weighted by Crippen LogP contribution is -2.39. The fraction of sp³-hybridized carbons (Fsp3) is 0.824. The maximum absolute atomic E-state index is 11.7. The van der Waals surface area contributed by atoms with Crippen LogP contribution in [0.25, 0.3) is 0 Å². The molecule has 2 fully saturated rings. The fourth-order valence-electron chi connectivity index (χ4n) is 4.27. The summed E-state index contributed by atoms with van der Waals surface area (Å²) in [6.07, 6.45) is 13.6. The van der Waals surface area contributed by atoms with Gasteiger partial charge in [-0.2, -0.15) is 0 Å². The standard InChI is InChI=1S/C17H28O2/c1-3-5-6-7-12-17(19-16(18)4-2)13-11-14-9-8-10-15(14)17/h4,14-15H,2-3,5-13H2,1H3. The van der Waals surface area contributed by atoms with Gasteiger partial charge in [-0.1, -0.05) is 45.6 Å². The Hall–Kier alpha value is -0.790. The SMILES string of the molecule is C=CC(=O)OC1(CCCCCC)CCC2CCCC21. The van der Waals surface area contributed by atoms with Crippen LogP contribution < -0.4 is 0 Å². The highest BCUT2D eigenvalue weighted by Crippen LogP contribution is 2.53. The molecule has 0 bridgehead atoms. The second-order valence-corrected chi connectivity index (χ2v) is 6.34. The molecule has 0 amide bonds. The Morgan fingerprint density at radius 1 is 1.32 bits per heavy atom. The molecule has 0 spiro atoms. The van der Waals surface area contributed by atoms with E-state index in [1.807, 2.05) is 0 Å². The Balaban J connectivity index is 2.00. The topological polar surface area (TPSA) is 26.3 Å². The molecular formula is C17H28O2. The summed E-state index contributed by atoms with van der Waals surface area (Å²) in [5.74, 6) is 1.21. The van der Waals surface area contributed by atoms with Crippen molar-refractivity contribution in [1.29, 1.82) is 0 Å². The zero-order valence-corrected chi connectivity index (χ0v) is 12.3. The van der Waals surface area contributed by atoms with Crippen molar-refractivity contribution in [3.63, 3.8) is 0 Å². The number of rotatable bonds is 7. The van der Waals surface area contributed by atoms with Crippen molar-refractivity contribution < 1.29 is 9.53 Å². The monoisotopic (exact) mass is 264 g/mol. The molecule has 2 nitrogen and oxygen atoms in total. The smallest absolute Gasteiger partial charge is 0.330 e. The van der Waals surface area contributed by atoms with E-state index in [0.29, 0.717) is 5.92 Å². The van der Waals surface area contributed by atoms with Gasteiger partial charge in [0.25, 0.3) is 0 Å². The van der Waals surface area contributed by atoms with E-state index in [2.05, 4.69) is 13.5 Å². The molecule has 2 heteroatoms. The molecule has 0 aliphatic heterocycles. The first-order valence-electron chi connectivity index (χ1n) is 8.07. The summed E-state index contributed by atoms with van der Waals surface area (Å²) >= 11 is 0. The van der Waals surface area contributed by atoms with Gasteiger partial charge in [0.15, 0.2) is 0 Å². The van der Waals surface area contributed by atoms with Gasteiger partial charge in [-0.3, -0.25) is 0 Å². The first-order chi connectivity index (χ1) is 9.22. The van der Waals surface area contributed by atoms with Crippen molar-refractivity contribution in [2.24, 2.45) is 11.8 Å². The van der Waals surface area contributed by atoms with Crippen molar-refractivity contribution in [2.75, 3.05) is 0 Å². The summed E-state index contributed by atoms with van der Waals surface area (Å²) in [5, 5.41) is 0. The number of hydrogen-bond donors (Lipinski definition) is 0. The van der Waals surface area contributed by atoms with Crippen molar-refractivity contribution in [1.82, 2.24) is 0 Å². The van der Waals surface area contributed by atoms with Gasteiger partial charge in [-0.25, -0.2) is 4.79 Å². The molecule has 0 aromatic heterocycles. The highest BCUT2D eigenvalue weighted by Gasteiger charge is 2.52. The van der Waals surface area contributed by atoms with E-state index in [1.165, 1.54) is 57.4 Å². The van der Waals surface area contributed by atoms with E-state index in [9.17, 15) is 4.79 Å². The molecule has 2 saturated carbocycles. The Labute approximate surface area is 117 Å². The second-order valence-electron chi connectivity index (χ2n) is 6.34. The van der Waals surface area contributed by atoms with E-state index in [0.717, 1.165) is 18.8 Å². The third kappa shape index (κ3) is 3.21. The van der Waals surface area contributed by atoms with Crippen molar-refractivity contribution in [3.8, 4) is 0 Å². The molecule has 0 heterocycles. The lowest BCUT2D eigenvalue weighted by atomic mass is 9.83. The van der Waals surface area contributed by atoms with Gasteiger partial charge in [0.2, 0.25) is 0 Å². The normalized spacial score (nSPS) is 33.1. The van der Waals surface area contributed by atoms with Crippen LogP contribution in [0.5, 0.6) is 0 Å². The van der Waals surface area contributed by atoms with Gasteiger partial charge >= 0.3 is 5.97 Å². The lowest BCUT2D eigenvalue weighted by molar-refractivity contribution is -0.159. The molecule has 2 rings (SSSR count). The summed E-state index contributed by atoms with van der Waals surface area (Å²) in [6.45, 7) is 5.79. The largest absolute Gasteiger partial charge is 0.456 e. The number of ether oxygens (including phenoxy) is 1. The van der Waals surface area contributed by atoms with Gasteiger partial charge in [-0.05, 0) is 38.0 Å². The highest BCUT2D eigenvalue weighted by molar-refractivity contribution is 5.81. The van der Waals surface area contributed by atoms with Crippen LogP contribution in [0.2, 0.25) is 0 Å². The molecule has 3 unspecified atom stereocenters. The molecule has 3 atom stereocenters. The highest BCUT2D eigenvalue weighted by atomic mass is 16.6. The van der Waals surface area contributed by atoms with Crippen molar-refractivity contribution in [2.45, 2.75) is 76.7 Å². The number of carbonyl (C=O) groups excluding carboxylic acids is 1. The Morgan fingerprint density at radius 3 is 2.89 bits per heavy atom. The first kappa shape index (κ1) is 14.6. The number of hydrogen-bond acceptors (Lipinski definition) is 2. The van der Waals surface area contributed by atoms with Crippen LogP contribution in [0.4, 0.5) is 0 Å². The first-order valence-corrected chi connectivity index (χ1v) is 8.07. The van der Waals surface area contributed by atoms with E-state index < -0.39 is 0 Å². The number of unbranched alkanes of at least 4 members (excludes halogenated alkanes) is 3. The summed E-state index contributed by atoms with van der Waals surface area (Å²) in [6, 6.07) is 0. The minimum absolute atomic E-state index is 0.153. The summed E-state index contributed by atoms with van der Waals surface area (Å²) < 4.78 is 5.89. The molecule has 2 aliphatic rings. The Bertz CT molecular complexity index is 323. The predicted molar refractivity (Wildman–Crippen MR) is 77.8 cm³/mol. The molecule has 108 valence electrons. The number of fused-ring (bicyclic) bond motifs is 1. The molecule has 0 aromatic rings. The number of esters is 1. The van der Waals surface area contributed by atoms with Crippen LogP contribution in [0, 0.1) is 11.8 Å². The summed E-state index contributed by atoms with van der Waals surface area (Å²) in [7, 11) is 0. The third-order valence-corrected chi connectivity index (χ3v) is 5.20. The van der Waals surface area contributed by atoms with Crippen LogP contribution in [-0.2, 0) is 9.53 Å². The summed E-state index contributed by atoms with van der Waals surface area (Å²) in [4.78, 5) is 11.7. The van der Waals surface area contributed by atoms with E-state index >= 15 is 0 Å². The quantitative estimate of drug-likeness (QED) is 0.380. The minimum Gasteiger partial charge on any atom is -0.456 e. The average molecular weight is 264 g/mol. The second kappa shape index (κ2) is 6.58. The molecule has 0 saturated heterocycles. The predicted octanol–water partition coefficient (Wildman–Crippen LogP) is 4.63. The zero-order chi connectivity index (χ0) is 13.7. The Morgan fingerprint density at radius 2 is 2.16 bits per heavy atom. The molecular weight excluding hydrogens is 236 g/mol. The van der Waals surface area contributed by atoms with Gasteiger partial charge in [-0.15, -0.1) is 0 Å². The maximum atomic E-state index is 11.7. The fourth-order valence-corrected chi connectivity index (χ4v) is 4.27. The van der Waals surface area contributed by atoms with Crippen molar-refractivity contribution in [3.05, 3.63) is 12.7 Å². The minimum atomic E-state index is -0.219. The van der Waals surface area contributed by atoms with Gasteiger partial charge in [0, 0.05) is 12.0 Å².